The number of ketones is 1. The van der Waals surface area contributed by atoms with Crippen LogP contribution in [-0.4, -0.2) is 24.5 Å². The van der Waals surface area contributed by atoms with Crippen LogP contribution in [0, 0.1) is 0 Å². The van der Waals surface area contributed by atoms with Crippen LogP contribution < -0.4 is 4.74 Å². The first kappa shape index (κ1) is 18.2. The SMILES string of the molecule is O=C1CCCC(COc2ccc3ccc(C(=O)Cc4ccccc4)cc3c2)O1. The Kier molecular flexibility index (Phi) is 5.38. The molecule has 0 aliphatic carbocycles. The van der Waals surface area contributed by atoms with Gasteiger partial charge in [0.25, 0.3) is 0 Å². The van der Waals surface area contributed by atoms with Gasteiger partial charge in [-0.2, -0.15) is 0 Å². The van der Waals surface area contributed by atoms with Gasteiger partial charge in [0.2, 0.25) is 0 Å². The van der Waals surface area contributed by atoms with Gasteiger partial charge in [0.15, 0.2) is 5.78 Å². The molecule has 0 bridgehead atoms. The summed E-state index contributed by atoms with van der Waals surface area (Å²) in [5.74, 6) is 0.648. The van der Waals surface area contributed by atoms with E-state index in [0.29, 0.717) is 30.8 Å². The molecule has 142 valence electrons. The van der Waals surface area contributed by atoms with E-state index in [1.165, 1.54) is 0 Å². The van der Waals surface area contributed by atoms with Crippen molar-refractivity contribution in [3.8, 4) is 5.75 Å². The number of hydrogen-bond donors (Lipinski definition) is 0. The van der Waals surface area contributed by atoms with Crippen molar-refractivity contribution >= 4 is 22.5 Å². The molecule has 1 aliphatic heterocycles. The summed E-state index contributed by atoms with van der Waals surface area (Å²) in [5.41, 5.74) is 1.70. The predicted octanol–water partition coefficient (Wildman–Crippen LogP) is 4.74. The molecule has 0 saturated carbocycles. The molecular weight excluding hydrogens is 352 g/mol. The van der Waals surface area contributed by atoms with Gasteiger partial charge >= 0.3 is 5.97 Å². The van der Waals surface area contributed by atoms with E-state index in [-0.39, 0.29) is 17.9 Å². The molecule has 1 atom stereocenters. The lowest BCUT2D eigenvalue weighted by molar-refractivity contribution is -0.155. The number of Topliss-reactive ketones (excluding diaryl/α,β-unsaturated/α-hetero) is 1. The fourth-order valence-corrected chi connectivity index (χ4v) is 3.46. The third kappa shape index (κ3) is 4.39. The lowest BCUT2D eigenvalue weighted by Gasteiger charge is -2.22. The molecule has 0 radical (unpaired) electrons. The van der Waals surface area contributed by atoms with Crippen molar-refractivity contribution < 1.29 is 19.1 Å². The molecule has 28 heavy (non-hydrogen) atoms. The summed E-state index contributed by atoms with van der Waals surface area (Å²) < 4.78 is 11.1. The molecular formula is C24H22O4. The number of hydrogen-bond acceptors (Lipinski definition) is 4. The number of carbonyl (C=O) groups is 2. The highest BCUT2D eigenvalue weighted by atomic mass is 16.6. The van der Waals surface area contributed by atoms with E-state index in [0.717, 1.165) is 29.2 Å². The first-order chi connectivity index (χ1) is 13.7. The van der Waals surface area contributed by atoms with E-state index < -0.39 is 0 Å². The van der Waals surface area contributed by atoms with Crippen LogP contribution in [0.2, 0.25) is 0 Å². The summed E-state index contributed by atoms with van der Waals surface area (Å²) in [7, 11) is 0. The van der Waals surface area contributed by atoms with Crippen molar-refractivity contribution in [1.82, 2.24) is 0 Å². The monoisotopic (exact) mass is 374 g/mol. The number of esters is 1. The molecule has 1 unspecified atom stereocenters. The van der Waals surface area contributed by atoms with Gasteiger partial charge in [-0.25, -0.2) is 0 Å². The Morgan fingerprint density at radius 3 is 2.64 bits per heavy atom. The zero-order chi connectivity index (χ0) is 19.3. The number of ether oxygens (including phenoxy) is 2. The maximum atomic E-state index is 12.6. The third-order valence-corrected chi connectivity index (χ3v) is 4.98. The van der Waals surface area contributed by atoms with E-state index in [4.69, 9.17) is 9.47 Å². The summed E-state index contributed by atoms with van der Waals surface area (Å²) in [6, 6.07) is 21.3. The van der Waals surface area contributed by atoms with Crippen LogP contribution in [0.3, 0.4) is 0 Å². The topological polar surface area (TPSA) is 52.6 Å². The molecule has 1 saturated heterocycles. The van der Waals surface area contributed by atoms with E-state index in [1.807, 2.05) is 66.7 Å². The second-order valence-corrected chi connectivity index (χ2v) is 7.12. The zero-order valence-electron chi connectivity index (χ0n) is 15.6. The van der Waals surface area contributed by atoms with Crippen molar-refractivity contribution in [3.05, 3.63) is 77.9 Å². The standard InChI is InChI=1S/C24H22O4/c25-23(13-17-5-2-1-3-6-17)19-10-9-18-11-12-21(15-20(18)14-19)27-16-22-7-4-8-24(26)28-22/h1-3,5-6,9-12,14-15,22H,4,7-8,13,16H2. The van der Waals surface area contributed by atoms with Crippen molar-refractivity contribution in [2.75, 3.05) is 6.61 Å². The van der Waals surface area contributed by atoms with Crippen molar-refractivity contribution in [1.29, 1.82) is 0 Å². The molecule has 4 nitrogen and oxygen atoms in total. The fraction of sp³-hybridized carbons (Fsp3) is 0.250. The van der Waals surface area contributed by atoms with Gasteiger partial charge in [-0.3, -0.25) is 9.59 Å². The molecule has 4 heteroatoms. The second kappa shape index (κ2) is 8.26. The van der Waals surface area contributed by atoms with Crippen molar-refractivity contribution in [2.24, 2.45) is 0 Å². The first-order valence-corrected chi connectivity index (χ1v) is 9.60. The van der Waals surface area contributed by atoms with Crippen LogP contribution in [0.4, 0.5) is 0 Å². The molecule has 0 aromatic heterocycles. The van der Waals surface area contributed by atoms with Gasteiger partial charge in [-0.15, -0.1) is 0 Å². The summed E-state index contributed by atoms with van der Waals surface area (Å²) in [6.07, 6.45) is 2.37. The highest BCUT2D eigenvalue weighted by Crippen LogP contribution is 2.24. The molecule has 1 heterocycles. The van der Waals surface area contributed by atoms with Crippen LogP contribution in [0.15, 0.2) is 66.7 Å². The molecule has 3 aromatic carbocycles. The molecule has 3 aromatic rings. The normalized spacial score (nSPS) is 16.6. The van der Waals surface area contributed by atoms with Crippen LogP contribution in [0.1, 0.15) is 35.2 Å². The Morgan fingerprint density at radius 1 is 1.00 bits per heavy atom. The minimum atomic E-state index is -0.185. The average molecular weight is 374 g/mol. The van der Waals surface area contributed by atoms with Crippen LogP contribution in [0.5, 0.6) is 5.75 Å². The Balaban J connectivity index is 1.47. The largest absolute Gasteiger partial charge is 0.490 e. The first-order valence-electron chi connectivity index (χ1n) is 9.60. The minimum Gasteiger partial charge on any atom is -0.490 e. The molecule has 1 fully saturated rings. The van der Waals surface area contributed by atoms with Gasteiger partial charge < -0.3 is 9.47 Å². The maximum Gasteiger partial charge on any atom is 0.306 e. The molecule has 1 aliphatic rings. The zero-order valence-corrected chi connectivity index (χ0v) is 15.6. The van der Waals surface area contributed by atoms with Crippen LogP contribution in [0.25, 0.3) is 10.8 Å². The van der Waals surface area contributed by atoms with E-state index >= 15 is 0 Å². The smallest absolute Gasteiger partial charge is 0.306 e. The van der Waals surface area contributed by atoms with Gasteiger partial charge in [0.1, 0.15) is 18.5 Å². The molecule has 0 amide bonds. The van der Waals surface area contributed by atoms with E-state index in [1.54, 1.807) is 0 Å². The summed E-state index contributed by atoms with van der Waals surface area (Å²) in [4.78, 5) is 24.0. The summed E-state index contributed by atoms with van der Waals surface area (Å²) in [6.45, 7) is 0.351. The Labute approximate surface area is 164 Å². The van der Waals surface area contributed by atoms with Crippen LogP contribution >= 0.6 is 0 Å². The number of benzene rings is 3. The summed E-state index contributed by atoms with van der Waals surface area (Å²) >= 11 is 0. The Bertz CT molecular complexity index is 994. The highest BCUT2D eigenvalue weighted by molar-refractivity contribution is 6.01. The maximum absolute atomic E-state index is 12.6. The van der Waals surface area contributed by atoms with Gasteiger partial charge in [-0.05, 0) is 47.4 Å². The van der Waals surface area contributed by atoms with Crippen molar-refractivity contribution in [2.45, 2.75) is 31.8 Å². The van der Waals surface area contributed by atoms with Gasteiger partial charge in [-0.1, -0.05) is 48.5 Å². The molecule has 0 spiro atoms. The second-order valence-electron chi connectivity index (χ2n) is 7.12. The fourth-order valence-electron chi connectivity index (χ4n) is 3.46. The van der Waals surface area contributed by atoms with Gasteiger partial charge in [0.05, 0.1) is 0 Å². The lowest BCUT2D eigenvalue weighted by Crippen LogP contribution is -2.28. The van der Waals surface area contributed by atoms with E-state index in [9.17, 15) is 9.59 Å². The minimum absolute atomic E-state index is 0.0912. The Hall–Kier alpha value is -3.14. The molecule has 4 rings (SSSR count). The third-order valence-electron chi connectivity index (χ3n) is 4.98. The summed E-state index contributed by atoms with van der Waals surface area (Å²) in [5, 5.41) is 2.00. The number of carbonyl (C=O) groups excluding carboxylic acids is 2. The predicted molar refractivity (Wildman–Crippen MR) is 108 cm³/mol. The average Bonchev–Trinajstić information content (AvgIpc) is 2.72. The van der Waals surface area contributed by atoms with E-state index in [2.05, 4.69) is 0 Å². The van der Waals surface area contributed by atoms with Gasteiger partial charge in [0, 0.05) is 18.4 Å². The number of rotatable bonds is 6. The number of cyclic esters (lactones) is 1. The Morgan fingerprint density at radius 2 is 1.82 bits per heavy atom. The number of fused-ring (bicyclic) bond motifs is 1. The van der Waals surface area contributed by atoms with Crippen molar-refractivity contribution in [3.63, 3.8) is 0 Å². The van der Waals surface area contributed by atoms with Crippen LogP contribution in [-0.2, 0) is 16.0 Å². The highest BCUT2D eigenvalue weighted by Gasteiger charge is 2.20. The lowest BCUT2D eigenvalue weighted by atomic mass is 10.00. The quantitative estimate of drug-likeness (QED) is 0.462. The molecule has 0 N–H and O–H groups in total.